The van der Waals surface area contributed by atoms with Crippen LogP contribution in [0.5, 0.6) is 0 Å². The monoisotopic (exact) mass is 400 g/mol. The number of thioether (sulfide) groups is 1. The second kappa shape index (κ2) is 8.59. The zero-order valence-corrected chi connectivity index (χ0v) is 17.1. The maximum Gasteiger partial charge on any atom is 0.234 e. The third-order valence-corrected chi connectivity index (χ3v) is 5.57. The molecule has 0 aliphatic rings. The fourth-order valence-electron chi connectivity index (χ4n) is 2.70. The average Bonchev–Trinajstić information content (AvgIpc) is 3.07. The topological polar surface area (TPSA) is 59.8 Å². The van der Waals surface area contributed by atoms with E-state index >= 15 is 0 Å². The number of amides is 1. The first-order chi connectivity index (χ1) is 13.0. The van der Waals surface area contributed by atoms with E-state index in [-0.39, 0.29) is 11.7 Å². The standard InChI is InChI=1S/C20H21ClN4OS/c1-4-25-19(15-8-10-16(21)11-9-15)23-24-20(25)27-12-18(26)22-17-7-5-6-13(2)14(17)3/h5-11H,4,12H2,1-3H3,(H,22,26). The summed E-state index contributed by atoms with van der Waals surface area (Å²) in [5, 5.41) is 12.9. The molecule has 0 aliphatic carbocycles. The molecule has 3 aromatic rings. The van der Waals surface area contributed by atoms with E-state index in [0.717, 1.165) is 33.4 Å². The van der Waals surface area contributed by atoms with E-state index in [0.29, 0.717) is 11.6 Å². The summed E-state index contributed by atoms with van der Waals surface area (Å²) in [6.45, 7) is 6.78. The lowest BCUT2D eigenvalue weighted by Crippen LogP contribution is -2.15. The van der Waals surface area contributed by atoms with Gasteiger partial charge in [0.05, 0.1) is 5.75 Å². The summed E-state index contributed by atoms with van der Waals surface area (Å²) < 4.78 is 2.00. The van der Waals surface area contributed by atoms with Crippen molar-refractivity contribution in [3.8, 4) is 11.4 Å². The lowest BCUT2D eigenvalue weighted by Gasteiger charge is -2.10. The van der Waals surface area contributed by atoms with Gasteiger partial charge < -0.3 is 9.88 Å². The van der Waals surface area contributed by atoms with Gasteiger partial charge in [-0.15, -0.1) is 10.2 Å². The van der Waals surface area contributed by atoms with Crippen LogP contribution in [0.25, 0.3) is 11.4 Å². The van der Waals surface area contributed by atoms with Gasteiger partial charge in [0, 0.05) is 22.8 Å². The van der Waals surface area contributed by atoms with Gasteiger partial charge in [0.2, 0.25) is 5.91 Å². The second-order valence-electron chi connectivity index (χ2n) is 6.14. The Bertz CT molecular complexity index is 953. The van der Waals surface area contributed by atoms with Crippen molar-refractivity contribution in [2.75, 3.05) is 11.1 Å². The summed E-state index contributed by atoms with van der Waals surface area (Å²) >= 11 is 7.34. The molecule has 0 radical (unpaired) electrons. The number of hydrogen-bond acceptors (Lipinski definition) is 4. The van der Waals surface area contributed by atoms with Crippen molar-refractivity contribution >= 4 is 35.0 Å². The molecule has 2 aromatic carbocycles. The maximum absolute atomic E-state index is 12.4. The van der Waals surface area contributed by atoms with Crippen molar-refractivity contribution in [2.45, 2.75) is 32.5 Å². The predicted molar refractivity (Wildman–Crippen MR) is 111 cm³/mol. The molecule has 7 heteroatoms. The number of nitrogens with zero attached hydrogens (tertiary/aromatic N) is 3. The first kappa shape index (κ1) is 19.5. The molecule has 140 valence electrons. The van der Waals surface area contributed by atoms with Crippen LogP contribution in [0.15, 0.2) is 47.6 Å². The number of halogens is 1. The molecule has 1 amide bonds. The van der Waals surface area contributed by atoms with E-state index in [9.17, 15) is 4.79 Å². The molecule has 0 unspecified atom stereocenters. The van der Waals surface area contributed by atoms with Crippen molar-refractivity contribution < 1.29 is 4.79 Å². The van der Waals surface area contributed by atoms with Gasteiger partial charge in [-0.2, -0.15) is 0 Å². The molecule has 5 nitrogen and oxygen atoms in total. The van der Waals surface area contributed by atoms with Gasteiger partial charge in [0.25, 0.3) is 0 Å². The van der Waals surface area contributed by atoms with Gasteiger partial charge in [-0.25, -0.2) is 0 Å². The summed E-state index contributed by atoms with van der Waals surface area (Å²) in [7, 11) is 0. The molecule has 0 bridgehead atoms. The van der Waals surface area contributed by atoms with E-state index in [1.165, 1.54) is 11.8 Å². The first-order valence-corrected chi connectivity index (χ1v) is 10.0. The number of benzene rings is 2. The molecule has 0 fully saturated rings. The van der Waals surface area contributed by atoms with E-state index in [2.05, 4.69) is 15.5 Å². The third-order valence-electron chi connectivity index (χ3n) is 4.35. The van der Waals surface area contributed by atoms with Crippen LogP contribution in [-0.4, -0.2) is 26.4 Å². The van der Waals surface area contributed by atoms with Crippen LogP contribution in [0, 0.1) is 13.8 Å². The highest BCUT2D eigenvalue weighted by Gasteiger charge is 2.15. The van der Waals surface area contributed by atoms with Crippen LogP contribution < -0.4 is 5.32 Å². The average molecular weight is 401 g/mol. The van der Waals surface area contributed by atoms with Crippen LogP contribution in [0.4, 0.5) is 5.69 Å². The Morgan fingerprint density at radius 1 is 1.15 bits per heavy atom. The van der Waals surface area contributed by atoms with Crippen LogP contribution in [0.1, 0.15) is 18.1 Å². The first-order valence-electron chi connectivity index (χ1n) is 8.67. The second-order valence-corrected chi connectivity index (χ2v) is 7.52. The molecule has 1 N–H and O–H groups in total. The Morgan fingerprint density at radius 2 is 1.89 bits per heavy atom. The van der Waals surface area contributed by atoms with Crippen molar-refractivity contribution in [1.82, 2.24) is 14.8 Å². The summed E-state index contributed by atoms with van der Waals surface area (Å²) in [4.78, 5) is 12.4. The highest BCUT2D eigenvalue weighted by atomic mass is 35.5. The van der Waals surface area contributed by atoms with Crippen LogP contribution in [-0.2, 0) is 11.3 Å². The summed E-state index contributed by atoms with van der Waals surface area (Å²) in [5.74, 6) is 0.977. The minimum absolute atomic E-state index is 0.0626. The minimum atomic E-state index is -0.0626. The Morgan fingerprint density at radius 3 is 2.59 bits per heavy atom. The molecule has 0 saturated heterocycles. The lowest BCUT2D eigenvalue weighted by atomic mass is 10.1. The zero-order chi connectivity index (χ0) is 19.4. The van der Waals surface area contributed by atoms with Gasteiger partial charge in [-0.1, -0.05) is 35.5 Å². The molecule has 0 atom stereocenters. The Hall–Kier alpha value is -2.31. The van der Waals surface area contributed by atoms with Crippen LogP contribution in [0.2, 0.25) is 5.02 Å². The molecule has 3 rings (SSSR count). The van der Waals surface area contributed by atoms with Gasteiger partial charge >= 0.3 is 0 Å². The van der Waals surface area contributed by atoms with Gasteiger partial charge in [-0.3, -0.25) is 4.79 Å². The molecule has 27 heavy (non-hydrogen) atoms. The number of carbonyl (C=O) groups excluding carboxylic acids is 1. The number of aromatic nitrogens is 3. The zero-order valence-electron chi connectivity index (χ0n) is 15.5. The molecule has 1 heterocycles. The van der Waals surface area contributed by atoms with E-state index in [1.54, 1.807) is 0 Å². The SMILES string of the molecule is CCn1c(SCC(=O)Nc2cccc(C)c2C)nnc1-c1ccc(Cl)cc1. The van der Waals surface area contributed by atoms with E-state index in [1.807, 2.05) is 67.8 Å². The van der Waals surface area contributed by atoms with Crippen molar-refractivity contribution in [3.05, 3.63) is 58.6 Å². The summed E-state index contributed by atoms with van der Waals surface area (Å²) in [6.07, 6.45) is 0. The minimum Gasteiger partial charge on any atom is -0.325 e. The van der Waals surface area contributed by atoms with Crippen LogP contribution >= 0.6 is 23.4 Å². The van der Waals surface area contributed by atoms with Crippen LogP contribution in [0.3, 0.4) is 0 Å². The van der Waals surface area contributed by atoms with Gasteiger partial charge in [0.1, 0.15) is 0 Å². The van der Waals surface area contributed by atoms with Gasteiger partial charge in [-0.05, 0) is 62.2 Å². The predicted octanol–water partition coefficient (Wildman–Crippen LogP) is 4.97. The van der Waals surface area contributed by atoms with Crippen molar-refractivity contribution in [1.29, 1.82) is 0 Å². The Labute approximate surface area is 168 Å². The molecule has 1 aromatic heterocycles. The van der Waals surface area contributed by atoms with E-state index in [4.69, 9.17) is 11.6 Å². The van der Waals surface area contributed by atoms with Gasteiger partial charge in [0.15, 0.2) is 11.0 Å². The third kappa shape index (κ3) is 4.51. The largest absolute Gasteiger partial charge is 0.325 e. The highest BCUT2D eigenvalue weighted by Crippen LogP contribution is 2.25. The fraction of sp³-hybridized carbons (Fsp3) is 0.250. The quantitative estimate of drug-likeness (QED) is 0.593. The summed E-state index contributed by atoms with van der Waals surface area (Å²) in [5.41, 5.74) is 4.02. The number of anilines is 1. The highest BCUT2D eigenvalue weighted by molar-refractivity contribution is 7.99. The lowest BCUT2D eigenvalue weighted by molar-refractivity contribution is -0.113. The fourth-order valence-corrected chi connectivity index (χ4v) is 3.62. The number of rotatable bonds is 6. The van der Waals surface area contributed by atoms with Crippen molar-refractivity contribution in [3.63, 3.8) is 0 Å². The molecule has 0 aliphatic heterocycles. The van der Waals surface area contributed by atoms with E-state index < -0.39 is 0 Å². The Kier molecular flexibility index (Phi) is 6.19. The normalized spacial score (nSPS) is 10.8. The molecule has 0 spiro atoms. The smallest absolute Gasteiger partial charge is 0.234 e. The number of carbonyl (C=O) groups is 1. The number of hydrogen-bond donors (Lipinski definition) is 1. The Balaban J connectivity index is 1.70. The number of nitrogens with one attached hydrogen (secondary N) is 1. The molecule has 0 saturated carbocycles. The molecular weight excluding hydrogens is 380 g/mol. The summed E-state index contributed by atoms with van der Waals surface area (Å²) in [6, 6.07) is 13.4. The maximum atomic E-state index is 12.4. The molecular formula is C20H21ClN4OS. The number of aryl methyl sites for hydroxylation is 1. The van der Waals surface area contributed by atoms with Crippen molar-refractivity contribution in [2.24, 2.45) is 0 Å².